The number of aliphatic hydroxyl groups is 1. The standard InChI is InChI=1S/C13H17NO6/c1-7(15)12(13(19)20)14-11(18)5-3-8-2-4-9(16)10(17)6-8/h2,4,6-7,12,15-17H,3,5H2,1H3,(H,14,18)(H,19,20). The normalized spacial score (nSPS) is 13.5. The number of aliphatic hydroxyl groups excluding tert-OH is 1. The highest BCUT2D eigenvalue weighted by Crippen LogP contribution is 2.25. The number of carboxylic acid groups (broad SMARTS) is 1. The predicted octanol–water partition coefficient (Wildman–Crippen LogP) is -0.0194. The summed E-state index contributed by atoms with van der Waals surface area (Å²) in [5, 5.41) is 38.7. The van der Waals surface area contributed by atoms with E-state index in [1.54, 1.807) is 6.07 Å². The molecule has 0 saturated heterocycles. The van der Waals surface area contributed by atoms with Gasteiger partial charge >= 0.3 is 5.97 Å². The van der Waals surface area contributed by atoms with E-state index in [4.69, 9.17) is 10.2 Å². The number of carbonyl (C=O) groups is 2. The van der Waals surface area contributed by atoms with Crippen LogP contribution < -0.4 is 5.32 Å². The van der Waals surface area contributed by atoms with Crippen LogP contribution in [0.2, 0.25) is 0 Å². The first-order valence-corrected chi connectivity index (χ1v) is 6.02. The van der Waals surface area contributed by atoms with Gasteiger partial charge in [-0.15, -0.1) is 0 Å². The van der Waals surface area contributed by atoms with Crippen LogP contribution in [-0.4, -0.2) is 44.4 Å². The van der Waals surface area contributed by atoms with Crippen molar-refractivity contribution in [1.82, 2.24) is 5.32 Å². The SMILES string of the molecule is CC(O)C(NC(=O)CCc1ccc(O)c(O)c1)C(=O)O. The van der Waals surface area contributed by atoms with Gasteiger partial charge in [0.2, 0.25) is 5.91 Å². The molecular formula is C13H17NO6. The van der Waals surface area contributed by atoms with E-state index in [0.717, 1.165) is 0 Å². The molecule has 5 N–H and O–H groups in total. The first-order valence-electron chi connectivity index (χ1n) is 6.02. The molecule has 1 aromatic rings. The summed E-state index contributed by atoms with van der Waals surface area (Å²) in [6, 6.07) is 2.83. The molecule has 2 atom stereocenters. The second-order valence-corrected chi connectivity index (χ2v) is 4.45. The molecular weight excluding hydrogens is 266 g/mol. The minimum atomic E-state index is -1.35. The van der Waals surface area contributed by atoms with Gasteiger partial charge in [0.25, 0.3) is 0 Å². The van der Waals surface area contributed by atoms with E-state index in [1.807, 2.05) is 0 Å². The van der Waals surface area contributed by atoms with Crippen LogP contribution >= 0.6 is 0 Å². The van der Waals surface area contributed by atoms with Gasteiger partial charge < -0.3 is 25.7 Å². The summed E-state index contributed by atoms with van der Waals surface area (Å²) in [6.07, 6.45) is -0.929. The van der Waals surface area contributed by atoms with Crippen LogP contribution in [-0.2, 0) is 16.0 Å². The van der Waals surface area contributed by atoms with Gasteiger partial charge in [-0.3, -0.25) is 4.79 Å². The molecule has 0 aliphatic heterocycles. The Balaban J connectivity index is 2.54. The molecule has 2 unspecified atom stereocenters. The van der Waals surface area contributed by atoms with Crippen molar-refractivity contribution in [2.45, 2.75) is 31.9 Å². The van der Waals surface area contributed by atoms with Crippen LogP contribution in [0.5, 0.6) is 11.5 Å². The minimum Gasteiger partial charge on any atom is -0.504 e. The van der Waals surface area contributed by atoms with E-state index in [1.165, 1.54) is 19.1 Å². The lowest BCUT2D eigenvalue weighted by atomic mass is 10.1. The Morgan fingerprint density at radius 3 is 2.40 bits per heavy atom. The lowest BCUT2D eigenvalue weighted by Gasteiger charge is -2.16. The number of phenols is 2. The molecule has 0 fully saturated rings. The second-order valence-electron chi connectivity index (χ2n) is 4.45. The molecule has 0 radical (unpaired) electrons. The Labute approximate surface area is 115 Å². The fourth-order valence-electron chi connectivity index (χ4n) is 1.62. The number of amides is 1. The molecule has 0 saturated carbocycles. The average Bonchev–Trinajstić information content (AvgIpc) is 2.36. The zero-order valence-corrected chi connectivity index (χ0v) is 10.9. The van der Waals surface area contributed by atoms with E-state index in [9.17, 15) is 19.8 Å². The van der Waals surface area contributed by atoms with Crippen molar-refractivity contribution in [1.29, 1.82) is 0 Å². The quantitative estimate of drug-likeness (QED) is 0.467. The number of benzene rings is 1. The number of carbonyl (C=O) groups excluding carboxylic acids is 1. The molecule has 20 heavy (non-hydrogen) atoms. The van der Waals surface area contributed by atoms with Gasteiger partial charge in [0.15, 0.2) is 17.5 Å². The molecule has 0 spiro atoms. The first kappa shape index (κ1) is 15.8. The van der Waals surface area contributed by atoms with E-state index in [2.05, 4.69) is 5.32 Å². The lowest BCUT2D eigenvalue weighted by Crippen LogP contribution is -2.47. The molecule has 7 heteroatoms. The zero-order chi connectivity index (χ0) is 15.3. The van der Waals surface area contributed by atoms with Crippen LogP contribution in [0, 0.1) is 0 Å². The Bertz CT molecular complexity index is 500. The smallest absolute Gasteiger partial charge is 0.328 e. The van der Waals surface area contributed by atoms with Crippen molar-refractivity contribution in [3.05, 3.63) is 23.8 Å². The Morgan fingerprint density at radius 1 is 1.25 bits per heavy atom. The maximum atomic E-state index is 11.6. The summed E-state index contributed by atoms with van der Waals surface area (Å²) in [6.45, 7) is 1.27. The molecule has 0 aromatic heterocycles. The highest BCUT2D eigenvalue weighted by atomic mass is 16.4. The molecule has 110 valence electrons. The highest BCUT2D eigenvalue weighted by Gasteiger charge is 2.24. The lowest BCUT2D eigenvalue weighted by molar-refractivity contribution is -0.144. The zero-order valence-electron chi connectivity index (χ0n) is 10.9. The first-order chi connectivity index (χ1) is 9.31. The third kappa shape index (κ3) is 4.43. The van der Waals surface area contributed by atoms with Gasteiger partial charge in [-0.2, -0.15) is 0 Å². The van der Waals surface area contributed by atoms with E-state index in [-0.39, 0.29) is 24.3 Å². The number of phenolic OH excluding ortho intramolecular Hbond substituents is 2. The third-order valence-electron chi connectivity index (χ3n) is 2.75. The molecule has 0 bridgehead atoms. The van der Waals surface area contributed by atoms with Crippen molar-refractivity contribution in [3.8, 4) is 11.5 Å². The second kappa shape index (κ2) is 6.76. The number of aryl methyl sites for hydroxylation is 1. The highest BCUT2D eigenvalue weighted by molar-refractivity contribution is 5.84. The van der Waals surface area contributed by atoms with Crippen LogP contribution in [0.3, 0.4) is 0 Å². The van der Waals surface area contributed by atoms with Crippen LogP contribution in [0.15, 0.2) is 18.2 Å². The summed E-state index contributed by atoms with van der Waals surface area (Å²) < 4.78 is 0. The van der Waals surface area contributed by atoms with Gasteiger partial charge in [-0.1, -0.05) is 6.07 Å². The maximum absolute atomic E-state index is 11.6. The Hall–Kier alpha value is -2.28. The van der Waals surface area contributed by atoms with Crippen molar-refractivity contribution in [3.63, 3.8) is 0 Å². The molecule has 0 heterocycles. The van der Waals surface area contributed by atoms with E-state index >= 15 is 0 Å². The molecule has 1 aromatic carbocycles. The average molecular weight is 283 g/mol. The van der Waals surface area contributed by atoms with Crippen molar-refractivity contribution in [2.75, 3.05) is 0 Å². The molecule has 0 aliphatic rings. The molecule has 1 rings (SSSR count). The third-order valence-corrected chi connectivity index (χ3v) is 2.75. The monoisotopic (exact) mass is 283 g/mol. The number of rotatable bonds is 6. The van der Waals surface area contributed by atoms with Gasteiger partial charge in [0.1, 0.15) is 0 Å². The summed E-state index contributed by atoms with van der Waals surface area (Å²) in [5.41, 5.74) is 0.624. The summed E-state index contributed by atoms with van der Waals surface area (Å²) in [5.74, 6) is -2.37. The number of hydrogen-bond acceptors (Lipinski definition) is 5. The topological polar surface area (TPSA) is 127 Å². The van der Waals surface area contributed by atoms with Crippen molar-refractivity contribution >= 4 is 11.9 Å². The number of hydrogen-bond donors (Lipinski definition) is 5. The molecule has 0 aliphatic carbocycles. The predicted molar refractivity (Wildman–Crippen MR) is 69.3 cm³/mol. The largest absolute Gasteiger partial charge is 0.504 e. The maximum Gasteiger partial charge on any atom is 0.328 e. The van der Waals surface area contributed by atoms with E-state index in [0.29, 0.717) is 5.56 Å². The number of aliphatic carboxylic acids is 1. The van der Waals surface area contributed by atoms with Gasteiger partial charge in [-0.05, 0) is 31.0 Å². The fraction of sp³-hybridized carbons (Fsp3) is 0.385. The summed E-state index contributed by atoms with van der Waals surface area (Å²) >= 11 is 0. The van der Waals surface area contributed by atoms with Gasteiger partial charge in [-0.25, -0.2) is 4.79 Å². The molecule has 1 amide bonds. The van der Waals surface area contributed by atoms with Crippen molar-refractivity contribution in [2.24, 2.45) is 0 Å². The Morgan fingerprint density at radius 2 is 1.90 bits per heavy atom. The molecule has 7 nitrogen and oxygen atoms in total. The van der Waals surface area contributed by atoms with Gasteiger partial charge in [0, 0.05) is 6.42 Å². The van der Waals surface area contributed by atoms with Gasteiger partial charge in [0.05, 0.1) is 6.10 Å². The summed E-state index contributed by atoms with van der Waals surface area (Å²) in [7, 11) is 0. The number of aromatic hydroxyl groups is 2. The van der Waals surface area contributed by atoms with Crippen LogP contribution in [0.1, 0.15) is 18.9 Å². The van der Waals surface area contributed by atoms with Crippen molar-refractivity contribution < 1.29 is 30.0 Å². The fourth-order valence-corrected chi connectivity index (χ4v) is 1.62. The number of carboxylic acids is 1. The Kier molecular flexibility index (Phi) is 5.33. The minimum absolute atomic E-state index is 0.000710. The van der Waals surface area contributed by atoms with E-state index < -0.39 is 24.0 Å². The van der Waals surface area contributed by atoms with Crippen LogP contribution in [0.25, 0.3) is 0 Å². The van der Waals surface area contributed by atoms with Crippen LogP contribution in [0.4, 0.5) is 0 Å². The summed E-state index contributed by atoms with van der Waals surface area (Å²) in [4.78, 5) is 22.4. The number of nitrogens with one attached hydrogen (secondary N) is 1.